The Morgan fingerprint density at radius 1 is 1.00 bits per heavy atom. The van der Waals surface area contributed by atoms with E-state index in [1.807, 2.05) is 4.90 Å². The normalized spacial score (nSPS) is 28.5. The topological polar surface area (TPSA) is 52.7 Å². The van der Waals surface area contributed by atoms with Crippen LogP contribution in [0.1, 0.15) is 51.4 Å². The van der Waals surface area contributed by atoms with Crippen LogP contribution in [0.25, 0.3) is 0 Å². The number of hydrogen-bond donors (Lipinski definition) is 1. The lowest BCUT2D eigenvalue weighted by atomic mass is 9.85. The molecular formula is C17H29N3O2. The van der Waals surface area contributed by atoms with Gasteiger partial charge in [0.05, 0.1) is 0 Å². The van der Waals surface area contributed by atoms with Crippen LogP contribution < -0.4 is 5.32 Å². The summed E-state index contributed by atoms with van der Waals surface area (Å²) in [5, 5.41) is 2.91. The second-order valence-corrected chi connectivity index (χ2v) is 7.14. The summed E-state index contributed by atoms with van der Waals surface area (Å²) in [6, 6.07) is -0.284. The number of nitrogens with one attached hydrogen (secondary N) is 1. The van der Waals surface area contributed by atoms with E-state index in [0.29, 0.717) is 6.42 Å². The first kappa shape index (κ1) is 15.8. The van der Waals surface area contributed by atoms with Crippen molar-refractivity contribution in [1.29, 1.82) is 0 Å². The second-order valence-electron chi connectivity index (χ2n) is 7.14. The lowest BCUT2D eigenvalue weighted by Gasteiger charge is -2.31. The Morgan fingerprint density at radius 2 is 1.86 bits per heavy atom. The van der Waals surface area contributed by atoms with Crippen LogP contribution in [0.3, 0.4) is 0 Å². The van der Waals surface area contributed by atoms with Gasteiger partial charge in [-0.2, -0.15) is 0 Å². The van der Waals surface area contributed by atoms with Gasteiger partial charge in [-0.15, -0.1) is 0 Å². The first-order chi connectivity index (χ1) is 10.7. The fourth-order valence-electron chi connectivity index (χ4n) is 3.79. The van der Waals surface area contributed by atoms with E-state index < -0.39 is 0 Å². The van der Waals surface area contributed by atoms with Crippen molar-refractivity contribution in [2.45, 2.75) is 57.4 Å². The molecule has 3 fully saturated rings. The summed E-state index contributed by atoms with van der Waals surface area (Å²) in [6.07, 6.45) is 8.46. The zero-order valence-electron chi connectivity index (χ0n) is 13.6. The van der Waals surface area contributed by atoms with Crippen molar-refractivity contribution in [3.05, 3.63) is 0 Å². The van der Waals surface area contributed by atoms with Crippen molar-refractivity contribution in [3.8, 4) is 0 Å². The Balaban J connectivity index is 1.50. The lowest BCUT2D eigenvalue weighted by molar-refractivity contribution is -0.136. The molecule has 3 aliphatic rings. The van der Waals surface area contributed by atoms with Gasteiger partial charge in [0.15, 0.2) is 0 Å². The van der Waals surface area contributed by atoms with Gasteiger partial charge in [0.2, 0.25) is 11.8 Å². The van der Waals surface area contributed by atoms with Gasteiger partial charge in [0.25, 0.3) is 0 Å². The van der Waals surface area contributed by atoms with Crippen LogP contribution >= 0.6 is 0 Å². The summed E-state index contributed by atoms with van der Waals surface area (Å²) in [5.74, 6) is 1.07. The molecule has 1 saturated carbocycles. The molecule has 0 aromatic heterocycles. The van der Waals surface area contributed by atoms with E-state index in [-0.39, 0.29) is 17.9 Å². The van der Waals surface area contributed by atoms with E-state index in [0.717, 1.165) is 57.8 Å². The van der Waals surface area contributed by atoms with Gasteiger partial charge in [-0.3, -0.25) is 9.59 Å². The number of nitrogens with zero attached hydrogens (tertiary/aromatic N) is 2. The minimum atomic E-state index is -0.284. The number of carbonyl (C=O) groups is 2. The van der Waals surface area contributed by atoms with Crippen molar-refractivity contribution in [2.75, 3.05) is 32.7 Å². The van der Waals surface area contributed by atoms with Gasteiger partial charge in [0.1, 0.15) is 6.04 Å². The Morgan fingerprint density at radius 3 is 2.64 bits per heavy atom. The van der Waals surface area contributed by atoms with Crippen LogP contribution in [0.5, 0.6) is 0 Å². The molecule has 2 amide bonds. The van der Waals surface area contributed by atoms with E-state index >= 15 is 0 Å². The molecule has 1 N–H and O–H groups in total. The van der Waals surface area contributed by atoms with Crippen LogP contribution in [0.2, 0.25) is 0 Å². The average molecular weight is 307 g/mol. The largest absolute Gasteiger partial charge is 0.344 e. The van der Waals surface area contributed by atoms with E-state index in [1.54, 1.807) is 0 Å². The molecule has 2 heterocycles. The zero-order chi connectivity index (χ0) is 15.4. The van der Waals surface area contributed by atoms with Gasteiger partial charge < -0.3 is 15.1 Å². The molecule has 0 spiro atoms. The SMILES string of the molecule is O=C1CCCC[C@H](C(=O)N2CCCN(CC3CCC3)CC2)N1. The third-order valence-electron chi connectivity index (χ3n) is 5.42. The molecule has 2 aliphatic heterocycles. The third-order valence-corrected chi connectivity index (χ3v) is 5.42. The minimum Gasteiger partial charge on any atom is -0.344 e. The quantitative estimate of drug-likeness (QED) is 0.857. The maximum atomic E-state index is 12.7. The van der Waals surface area contributed by atoms with Gasteiger partial charge in [-0.1, -0.05) is 12.8 Å². The summed E-state index contributed by atoms with van der Waals surface area (Å²) in [7, 11) is 0. The van der Waals surface area contributed by atoms with Crippen LogP contribution in [0, 0.1) is 5.92 Å². The Bertz CT molecular complexity index is 409. The molecule has 0 aromatic rings. The Labute approximate surface area is 133 Å². The Kier molecular flexibility index (Phi) is 5.34. The Hall–Kier alpha value is -1.10. The lowest BCUT2D eigenvalue weighted by Crippen LogP contribution is -2.48. The van der Waals surface area contributed by atoms with E-state index in [4.69, 9.17) is 0 Å². The van der Waals surface area contributed by atoms with Crippen molar-refractivity contribution in [2.24, 2.45) is 5.92 Å². The summed E-state index contributed by atoms with van der Waals surface area (Å²) in [4.78, 5) is 28.9. The van der Waals surface area contributed by atoms with Crippen LogP contribution in [-0.2, 0) is 9.59 Å². The van der Waals surface area contributed by atoms with Gasteiger partial charge in [0, 0.05) is 32.6 Å². The highest BCUT2D eigenvalue weighted by Gasteiger charge is 2.29. The summed E-state index contributed by atoms with van der Waals surface area (Å²) < 4.78 is 0. The predicted octanol–water partition coefficient (Wildman–Crippen LogP) is 1.38. The molecule has 5 heteroatoms. The average Bonchev–Trinajstić information content (AvgIpc) is 2.82. The van der Waals surface area contributed by atoms with E-state index in [1.165, 1.54) is 25.8 Å². The smallest absolute Gasteiger partial charge is 0.245 e. The molecule has 124 valence electrons. The molecule has 0 bridgehead atoms. The minimum absolute atomic E-state index is 0.0391. The molecule has 22 heavy (non-hydrogen) atoms. The summed E-state index contributed by atoms with van der Waals surface area (Å²) >= 11 is 0. The fraction of sp³-hybridized carbons (Fsp3) is 0.882. The molecule has 2 saturated heterocycles. The molecular weight excluding hydrogens is 278 g/mol. The molecule has 0 radical (unpaired) electrons. The summed E-state index contributed by atoms with van der Waals surface area (Å²) in [5.41, 5.74) is 0. The maximum Gasteiger partial charge on any atom is 0.245 e. The third kappa shape index (κ3) is 4.00. The van der Waals surface area contributed by atoms with Gasteiger partial charge in [-0.05, 0) is 44.6 Å². The number of amides is 2. The van der Waals surface area contributed by atoms with Gasteiger partial charge in [-0.25, -0.2) is 0 Å². The van der Waals surface area contributed by atoms with Crippen LogP contribution in [0.4, 0.5) is 0 Å². The maximum absolute atomic E-state index is 12.7. The van der Waals surface area contributed by atoms with Crippen molar-refractivity contribution in [3.63, 3.8) is 0 Å². The molecule has 1 atom stereocenters. The molecule has 0 aromatic carbocycles. The highest BCUT2D eigenvalue weighted by molar-refractivity contribution is 5.88. The standard InChI is InChI=1S/C17H29N3O2/c21-16-8-2-1-7-15(18-16)17(22)20-10-4-9-19(11-12-20)13-14-5-3-6-14/h14-15H,1-13H2,(H,18,21)/t15-/m1/s1. The molecule has 1 aliphatic carbocycles. The highest BCUT2D eigenvalue weighted by Crippen LogP contribution is 2.27. The van der Waals surface area contributed by atoms with E-state index in [9.17, 15) is 9.59 Å². The zero-order valence-corrected chi connectivity index (χ0v) is 13.6. The summed E-state index contributed by atoms with van der Waals surface area (Å²) in [6.45, 7) is 4.96. The predicted molar refractivity (Wildman–Crippen MR) is 85.4 cm³/mol. The molecule has 3 rings (SSSR count). The van der Waals surface area contributed by atoms with Crippen molar-refractivity contribution in [1.82, 2.24) is 15.1 Å². The number of rotatable bonds is 3. The van der Waals surface area contributed by atoms with Crippen molar-refractivity contribution >= 4 is 11.8 Å². The first-order valence-electron chi connectivity index (χ1n) is 9.03. The molecule has 5 nitrogen and oxygen atoms in total. The van der Waals surface area contributed by atoms with E-state index in [2.05, 4.69) is 10.2 Å². The highest BCUT2D eigenvalue weighted by atomic mass is 16.2. The monoisotopic (exact) mass is 307 g/mol. The van der Waals surface area contributed by atoms with Crippen LogP contribution in [-0.4, -0.2) is 60.4 Å². The fourth-order valence-corrected chi connectivity index (χ4v) is 3.79. The van der Waals surface area contributed by atoms with Gasteiger partial charge >= 0.3 is 0 Å². The first-order valence-corrected chi connectivity index (χ1v) is 9.03. The van der Waals surface area contributed by atoms with Crippen molar-refractivity contribution < 1.29 is 9.59 Å². The second kappa shape index (κ2) is 7.44. The molecule has 0 unspecified atom stereocenters. The van der Waals surface area contributed by atoms with Crippen LogP contribution in [0.15, 0.2) is 0 Å². The number of carbonyl (C=O) groups excluding carboxylic acids is 2. The number of hydrogen-bond acceptors (Lipinski definition) is 3.